The van der Waals surface area contributed by atoms with E-state index in [1.165, 1.54) is 12.1 Å². The lowest BCUT2D eigenvalue weighted by Crippen LogP contribution is -2.71. The minimum atomic E-state index is -1.17. The first kappa shape index (κ1) is 34.3. The standard InChI is InChI=1S/C26H48N10O5/c27-8-9-30-16-25(29)17-31-10-11-32-18-26(15-28,34-13-12-33-25)36-23(39)3-1-2-22(38)35-21(24(40)41)14-19-4-6-20(37)7-5-19/h4-7,21,30-34,37H,1-3,8-18,27-29H2,(H,35,38)(H,36,39)(H,40,41)/t21-,25+,26?/m0/s1. The second-order valence-corrected chi connectivity index (χ2v) is 10.3. The third-order valence-corrected chi connectivity index (χ3v) is 6.72. The molecular formula is C26H48N10O5. The van der Waals surface area contributed by atoms with Gasteiger partial charge in [0.2, 0.25) is 11.8 Å². The van der Waals surface area contributed by atoms with Crippen LogP contribution in [0.2, 0.25) is 0 Å². The number of nitrogens with one attached hydrogen (secondary N) is 7. The lowest BCUT2D eigenvalue weighted by Gasteiger charge is -2.37. The molecule has 15 heteroatoms. The number of carbonyl (C=O) groups excluding carboxylic acids is 2. The summed E-state index contributed by atoms with van der Waals surface area (Å²) >= 11 is 0. The van der Waals surface area contributed by atoms with Gasteiger partial charge >= 0.3 is 5.97 Å². The minimum Gasteiger partial charge on any atom is -0.508 e. The first-order valence-electron chi connectivity index (χ1n) is 14.0. The van der Waals surface area contributed by atoms with E-state index in [1.54, 1.807) is 12.1 Å². The molecule has 0 spiro atoms. The molecule has 1 unspecified atom stereocenters. The molecule has 15 nitrogen and oxygen atoms in total. The van der Waals surface area contributed by atoms with Crippen molar-refractivity contribution in [2.24, 2.45) is 17.2 Å². The summed E-state index contributed by atoms with van der Waals surface area (Å²) in [5, 5.41) is 41.0. The number of amides is 2. The molecule has 41 heavy (non-hydrogen) atoms. The third-order valence-electron chi connectivity index (χ3n) is 6.72. The zero-order valence-corrected chi connectivity index (χ0v) is 23.6. The second-order valence-electron chi connectivity index (χ2n) is 10.3. The van der Waals surface area contributed by atoms with E-state index in [2.05, 4.69) is 37.2 Å². The summed E-state index contributed by atoms with van der Waals surface area (Å²) in [4.78, 5) is 36.9. The van der Waals surface area contributed by atoms with Crippen LogP contribution in [-0.2, 0) is 20.8 Å². The first-order chi connectivity index (χ1) is 19.6. The number of carboxylic acids is 1. The van der Waals surface area contributed by atoms with E-state index in [1.807, 2.05) is 0 Å². The molecule has 3 atom stereocenters. The molecule has 0 saturated carbocycles. The Balaban J connectivity index is 1.85. The summed E-state index contributed by atoms with van der Waals surface area (Å²) in [6.07, 6.45) is 0.346. The van der Waals surface area contributed by atoms with Crippen molar-refractivity contribution in [2.45, 2.75) is 43.1 Å². The van der Waals surface area contributed by atoms with E-state index in [-0.39, 0.29) is 43.9 Å². The monoisotopic (exact) mass is 580 g/mol. The van der Waals surface area contributed by atoms with Crippen LogP contribution in [0.1, 0.15) is 24.8 Å². The number of carbonyl (C=O) groups is 3. The largest absolute Gasteiger partial charge is 0.508 e. The maximum atomic E-state index is 12.8. The molecule has 1 aromatic carbocycles. The lowest BCUT2D eigenvalue weighted by atomic mass is 10.1. The van der Waals surface area contributed by atoms with E-state index in [9.17, 15) is 24.6 Å². The molecular weight excluding hydrogens is 532 g/mol. The molecule has 2 rings (SSSR count). The molecule has 0 aromatic heterocycles. The van der Waals surface area contributed by atoms with Crippen molar-refractivity contribution < 1.29 is 24.6 Å². The van der Waals surface area contributed by atoms with Gasteiger partial charge in [0.05, 0.1) is 5.66 Å². The van der Waals surface area contributed by atoms with Gasteiger partial charge in [-0.2, -0.15) is 0 Å². The van der Waals surface area contributed by atoms with Crippen molar-refractivity contribution in [3.63, 3.8) is 0 Å². The Morgan fingerprint density at radius 2 is 1.61 bits per heavy atom. The van der Waals surface area contributed by atoms with Crippen molar-refractivity contribution in [3.8, 4) is 5.75 Å². The number of phenols is 1. The van der Waals surface area contributed by atoms with Crippen LogP contribution in [0.25, 0.3) is 0 Å². The van der Waals surface area contributed by atoms with E-state index in [0.717, 1.165) is 0 Å². The Hall–Kier alpha value is -2.89. The van der Waals surface area contributed by atoms with Crippen LogP contribution in [0, 0.1) is 0 Å². The highest BCUT2D eigenvalue weighted by atomic mass is 16.4. The molecule has 1 aliphatic rings. The van der Waals surface area contributed by atoms with Gasteiger partial charge in [0, 0.05) is 84.7 Å². The number of benzene rings is 1. The fourth-order valence-corrected chi connectivity index (χ4v) is 4.42. The maximum absolute atomic E-state index is 12.8. The molecule has 2 amide bonds. The average molecular weight is 581 g/mol. The van der Waals surface area contributed by atoms with Crippen molar-refractivity contribution in [1.29, 1.82) is 0 Å². The van der Waals surface area contributed by atoms with E-state index in [0.29, 0.717) is 64.5 Å². The normalized spacial score (nSPS) is 23.0. The van der Waals surface area contributed by atoms with Gasteiger partial charge in [0.15, 0.2) is 0 Å². The molecule has 1 heterocycles. The Labute approximate surface area is 241 Å². The van der Waals surface area contributed by atoms with Gasteiger partial charge in [-0.25, -0.2) is 4.79 Å². The molecule has 15 N–H and O–H groups in total. The summed E-state index contributed by atoms with van der Waals surface area (Å²) in [6.45, 7) is 5.07. The first-order valence-corrected chi connectivity index (χ1v) is 14.0. The van der Waals surface area contributed by atoms with Gasteiger partial charge < -0.3 is 54.0 Å². The number of aliphatic carboxylic acids is 1. The van der Waals surface area contributed by atoms with Gasteiger partial charge in [0.1, 0.15) is 17.5 Å². The molecule has 0 aliphatic carbocycles. The van der Waals surface area contributed by atoms with Gasteiger partial charge in [-0.3, -0.25) is 20.2 Å². The number of aromatic hydroxyl groups is 1. The summed E-state index contributed by atoms with van der Waals surface area (Å²) in [5.41, 5.74) is 17.3. The van der Waals surface area contributed by atoms with Crippen LogP contribution in [0.4, 0.5) is 0 Å². The molecule has 1 aromatic rings. The number of nitrogens with two attached hydrogens (primary N) is 3. The van der Waals surface area contributed by atoms with Gasteiger partial charge in [-0.1, -0.05) is 12.1 Å². The van der Waals surface area contributed by atoms with Gasteiger partial charge in [-0.15, -0.1) is 0 Å². The molecule has 0 bridgehead atoms. The number of carboxylic acid groups (broad SMARTS) is 1. The highest BCUT2D eigenvalue weighted by Crippen LogP contribution is 2.12. The van der Waals surface area contributed by atoms with E-state index >= 15 is 0 Å². The maximum Gasteiger partial charge on any atom is 0.326 e. The number of hydrogen-bond donors (Lipinski definition) is 12. The lowest BCUT2D eigenvalue weighted by molar-refractivity contribution is -0.141. The summed E-state index contributed by atoms with van der Waals surface area (Å²) in [5.74, 6) is -1.85. The highest BCUT2D eigenvalue weighted by molar-refractivity contribution is 5.84. The fourth-order valence-electron chi connectivity index (χ4n) is 4.42. The Kier molecular flexibility index (Phi) is 14.9. The number of hydrogen-bond acceptors (Lipinski definition) is 12. The summed E-state index contributed by atoms with van der Waals surface area (Å²) < 4.78 is 0. The fraction of sp³-hybridized carbons (Fsp3) is 0.654. The third kappa shape index (κ3) is 13.1. The molecule has 1 saturated heterocycles. The number of rotatable bonds is 14. The highest BCUT2D eigenvalue weighted by Gasteiger charge is 2.31. The van der Waals surface area contributed by atoms with Gasteiger partial charge in [-0.05, 0) is 24.1 Å². The summed E-state index contributed by atoms with van der Waals surface area (Å²) in [6, 6.07) is 4.98. The predicted octanol–water partition coefficient (Wildman–Crippen LogP) is -3.98. The van der Waals surface area contributed by atoms with Crippen molar-refractivity contribution in [3.05, 3.63) is 29.8 Å². The summed E-state index contributed by atoms with van der Waals surface area (Å²) in [7, 11) is 0. The predicted molar refractivity (Wildman–Crippen MR) is 156 cm³/mol. The molecule has 232 valence electrons. The molecule has 1 fully saturated rings. The Bertz CT molecular complexity index is 953. The van der Waals surface area contributed by atoms with Crippen molar-refractivity contribution in [1.82, 2.24) is 37.2 Å². The SMILES string of the molecule is NCCNC[C@]1(N)CNCCNCC(CN)(NC(=O)CCCC(=O)N[C@@H](Cc2ccc(O)cc2)C(=O)O)NCCN1. The zero-order chi connectivity index (χ0) is 30.1. The average Bonchev–Trinajstić information content (AvgIpc) is 2.93. The Morgan fingerprint density at radius 3 is 2.27 bits per heavy atom. The van der Waals surface area contributed by atoms with Crippen LogP contribution in [0.5, 0.6) is 5.75 Å². The van der Waals surface area contributed by atoms with Crippen LogP contribution >= 0.6 is 0 Å². The van der Waals surface area contributed by atoms with Crippen molar-refractivity contribution in [2.75, 3.05) is 65.4 Å². The van der Waals surface area contributed by atoms with Gasteiger partial charge in [0.25, 0.3) is 0 Å². The smallest absolute Gasteiger partial charge is 0.326 e. The van der Waals surface area contributed by atoms with Crippen LogP contribution < -0.4 is 54.4 Å². The van der Waals surface area contributed by atoms with E-state index < -0.39 is 29.2 Å². The van der Waals surface area contributed by atoms with Crippen LogP contribution in [0.15, 0.2) is 24.3 Å². The zero-order valence-electron chi connectivity index (χ0n) is 23.6. The van der Waals surface area contributed by atoms with Crippen molar-refractivity contribution >= 4 is 17.8 Å². The van der Waals surface area contributed by atoms with E-state index in [4.69, 9.17) is 17.2 Å². The Morgan fingerprint density at radius 1 is 0.951 bits per heavy atom. The quantitative estimate of drug-likeness (QED) is 0.0939. The van der Waals surface area contributed by atoms with Crippen LogP contribution in [-0.4, -0.2) is 111 Å². The molecule has 0 radical (unpaired) electrons. The minimum absolute atomic E-state index is 0.0134. The second kappa shape index (κ2) is 17.8. The van der Waals surface area contributed by atoms with Crippen LogP contribution in [0.3, 0.4) is 0 Å². The topological polar surface area (TPSA) is 254 Å². The molecule has 1 aliphatic heterocycles. The number of phenolic OH excluding ortho intramolecular Hbond substituents is 1.